The number of hydrogen-bond acceptors (Lipinski definition) is 5. The van der Waals surface area contributed by atoms with Crippen LogP contribution < -0.4 is 9.38 Å². The fraction of sp³-hybridized carbons (Fsp3) is 0.438. The van der Waals surface area contributed by atoms with Crippen molar-refractivity contribution in [2.24, 2.45) is 11.8 Å². The van der Waals surface area contributed by atoms with Gasteiger partial charge in [0, 0.05) is 42.7 Å². The molecular formula is C16H19BN4O4S. The quantitative estimate of drug-likeness (QED) is 0.662. The molecule has 0 atom stereocenters. The molecule has 4 heterocycles. The topological polar surface area (TPSA) is 108 Å². The highest BCUT2D eigenvalue weighted by atomic mass is 32.2. The van der Waals surface area contributed by atoms with Crippen LogP contribution in [0.3, 0.4) is 0 Å². The number of pyridine rings is 1. The summed E-state index contributed by atoms with van der Waals surface area (Å²) in [6.45, 7) is 1.32. The predicted molar refractivity (Wildman–Crippen MR) is 97.4 cm³/mol. The lowest BCUT2D eigenvalue weighted by Crippen LogP contribution is -2.54. The largest absolute Gasteiger partial charge is 0.552 e. The van der Waals surface area contributed by atoms with Gasteiger partial charge in [-0.15, -0.1) is 0 Å². The van der Waals surface area contributed by atoms with Crippen LogP contribution in [0.25, 0.3) is 16.6 Å². The minimum atomic E-state index is -3.43. The molecule has 2 aliphatic heterocycles. The van der Waals surface area contributed by atoms with Gasteiger partial charge < -0.3 is 14.7 Å². The average Bonchev–Trinajstić information content (AvgIpc) is 3.26. The molecule has 1 saturated carbocycles. The molecule has 0 spiro atoms. The Hall–Kier alpha value is -1.88. The van der Waals surface area contributed by atoms with Crippen LogP contribution in [-0.4, -0.2) is 54.5 Å². The Kier molecular flexibility index (Phi) is 3.65. The normalized spacial score (nSPS) is 21.3. The van der Waals surface area contributed by atoms with Crippen molar-refractivity contribution in [1.29, 1.82) is 0 Å². The van der Waals surface area contributed by atoms with E-state index in [9.17, 15) is 13.4 Å². The van der Waals surface area contributed by atoms with Gasteiger partial charge in [0.25, 0.3) is 10.2 Å². The van der Waals surface area contributed by atoms with E-state index in [1.165, 1.54) is 4.31 Å². The smallest absolute Gasteiger partial charge is 0.531 e. The maximum Gasteiger partial charge on any atom is 0.552 e. The Morgan fingerprint density at radius 2 is 2.23 bits per heavy atom. The molecule has 0 amide bonds. The molecule has 0 unspecified atom stereocenters. The molecule has 2 aromatic heterocycles. The van der Waals surface area contributed by atoms with Gasteiger partial charge in [0.05, 0.1) is 6.20 Å². The SMILES string of the molecule is O=S(=O)(NCC1CC1)N1CC(C2=CB(O)Oc3cnc4[nH]ccc4c32)C1. The number of hydrogen-bond donors (Lipinski definition) is 3. The van der Waals surface area contributed by atoms with Gasteiger partial charge in [-0.05, 0) is 36.4 Å². The third-order valence-electron chi connectivity index (χ3n) is 5.29. The second kappa shape index (κ2) is 5.81. The second-order valence-corrected chi connectivity index (χ2v) is 8.93. The molecule has 1 aliphatic carbocycles. The van der Waals surface area contributed by atoms with Crippen molar-refractivity contribution in [1.82, 2.24) is 19.0 Å². The number of nitrogens with one attached hydrogen (secondary N) is 2. The van der Waals surface area contributed by atoms with E-state index in [0.29, 0.717) is 31.3 Å². The predicted octanol–water partition coefficient (Wildman–Crippen LogP) is 0.535. The molecule has 0 bridgehead atoms. The van der Waals surface area contributed by atoms with Gasteiger partial charge in [-0.25, -0.2) is 9.71 Å². The Morgan fingerprint density at radius 1 is 1.42 bits per heavy atom. The van der Waals surface area contributed by atoms with Crippen molar-refractivity contribution in [2.45, 2.75) is 12.8 Å². The van der Waals surface area contributed by atoms with Crippen molar-refractivity contribution in [3.05, 3.63) is 30.0 Å². The van der Waals surface area contributed by atoms with Gasteiger partial charge in [-0.2, -0.15) is 12.7 Å². The van der Waals surface area contributed by atoms with Crippen molar-refractivity contribution in [3.8, 4) is 5.75 Å². The van der Waals surface area contributed by atoms with E-state index in [2.05, 4.69) is 14.7 Å². The summed E-state index contributed by atoms with van der Waals surface area (Å²) in [5, 5.41) is 10.9. The zero-order valence-corrected chi connectivity index (χ0v) is 14.9. The monoisotopic (exact) mass is 374 g/mol. The zero-order chi connectivity index (χ0) is 17.9. The van der Waals surface area contributed by atoms with Crippen molar-refractivity contribution >= 4 is 33.9 Å². The van der Waals surface area contributed by atoms with E-state index in [0.717, 1.165) is 35.0 Å². The molecule has 3 N–H and O–H groups in total. The van der Waals surface area contributed by atoms with Crippen molar-refractivity contribution < 1.29 is 18.1 Å². The Morgan fingerprint density at radius 3 is 3.00 bits per heavy atom. The summed E-state index contributed by atoms with van der Waals surface area (Å²) in [5.41, 5.74) is 2.54. The molecule has 0 radical (unpaired) electrons. The van der Waals surface area contributed by atoms with Gasteiger partial charge in [-0.3, -0.25) is 0 Å². The van der Waals surface area contributed by atoms with Gasteiger partial charge in [0.15, 0.2) is 0 Å². The standard InChI is InChI=1S/C16H19BN4O4S/c22-17-5-13(15-12-3-4-18-16(12)19-7-14(15)25-17)11-8-21(9-11)26(23,24)20-6-10-1-2-10/h3-5,7,10-11,20,22H,1-2,6,8-9H2,(H,18,19). The zero-order valence-electron chi connectivity index (χ0n) is 14.1. The third-order valence-corrected chi connectivity index (χ3v) is 6.80. The first kappa shape index (κ1) is 16.3. The van der Waals surface area contributed by atoms with Crippen LogP contribution >= 0.6 is 0 Å². The van der Waals surface area contributed by atoms with E-state index in [1.807, 2.05) is 6.07 Å². The number of aromatic amines is 1. The summed E-state index contributed by atoms with van der Waals surface area (Å²) in [4.78, 5) is 7.36. The van der Waals surface area contributed by atoms with Gasteiger partial charge in [0.1, 0.15) is 11.4 Å². The highest BCUT2D eigenvalue weighted by molar-refractivity contribution is 7.87. The van der Waals surface area contributed by atoms with Gasteiger partial charge in [0.2, 0.25) is 0 Å². The van der Waals surface area contributed by atoms with Crippen LogP contribution in [0.5, 0.6) is 5.75 Å². The average molecular weight is 374 g/mol. The first-order chi connectivity index (χ1) is 12.5. The van der Waals surface area contributed by atoms with Crippen LogP contribution in [0.1, 0.15) is 18.4 Å². The number of aromatic nitrogens is 2. The van der Waals surface area contributed by atoms with Crippen LogP contribution in [0.4, 0.5) is 0 Å². The number of H-pyrrole nitrogens is 1. The Balaban J connectivity index is 1.39. The van der Waals surface area contributed by atoms with Crippen molar-refractivity contribution in [2.75, 3.05) is 19.6 Å². The summed E-state index contributed by atoms with van der Waals surface area (Å²) in [5.74, 6) is 2.71. The molecule has 1 saturated heterocycles. The molecule has 0 aromatic carbocycles. The van der Waals surface area contributed by atoms with E-state index in [4.69, 9.17) is 4.65 Å². The second-order valence-electron chi connectivity index (χ2n) is 7.18. The lowest BCUT2D eigenvalue weighted by Gasteiger charge is -2.40. The molecular weight excluding hydrogens is 355 g/mol. The highest BCUT2D eigenvalue weighted by Crippen LogP contribution is 2.42. The molecule has 3 aliphatic rings. The van der Waals surface area contributed by atoms with Crippen LogP contribution in [0.15, 0.2) is 24.4 Å². The third kappa shape index (κ3) is 2.73. The van der Waals surface area contributed by atoms with E-state index in [1.54, 1.807) is 18.4 Å². The Labute approximate surface area is 151 Å². The summed E-state index contributed by atoms with van der Waals surface area (Å²) in [7, 11) is -4.48. The fourth-order valence-corrected chi connectivity index (χ4v) is 4.97. The number of nitrogens with zero attached hydrogens (tertiary/aromatic N) is 2. The number of rotatable bonds is 5. The lowest BCUT2D eigenvalue weighted by molar-refractivity contribution is 0.246. The fourth-order valence-electron chi connectivity index (χ4n) is 3.59. The van der Waals surface area contributed by atoms with E-state index < -0.39 is 17.3 Å². The first-order valence-electron chi connectivity index (χ1n) is 8.79. The molecule has 5 rings (SSSR count). The lowest BCUT2D eigenvalue weighted by atomic mass is 9.75. The summed E-state index contributed by atoms with van der Waals surface area (Å²) in [6, 6.07) is 1.92. The summed E-state index contributed by atoms with van der Waals surface area (Å²) >= 11 is 0. The minimum Gasteiger partial charge on any atom is -0.531 e. The van der Waals surface area contributed by atoms with Gasteiger partial charge in [-0.1, -0.05) is 0 Å². The molecule has 10 heteroatoms. The highest BCUT2D eigenvalue weighted by Gasteiger charge is 2.41. The van der Waals surface area contributed by atoms with Crippen LogP contribution in [0.2, 0.25) is 0 Å². The summed E-state index contributed by atoms with van der Waals surface area (Å²) < 4.78 is 34.3. The van der Waals surface area contributed by atoms with Crippen LogP contribution in [0, 0.1) is 11.8 Å². The molecule has 8 nitrogen and oxygen atoms in total. The molecule has 2 fully saturated rings. The maximum absolute atomic E-state index is 12.4. The summed E-state index contributed by atoms with van der Waals surface area (Å²) in [6.07, 6.45) is 5.61. The van der Waals surface area contributed by atoms with E-state index >= 15 is 0 Å². The Bertz CT molecular complexity index is 995. The minimum absolute atomic E-state index is 0.0188. The number of fused-ring (bicyclic) bond motifs is 3. The first-order valence-corrected chi connectivity index (χ1v) is 10.2. The molecule has 136 valence electrons. The van der Waals surface area contributed by atoms with Crippen molar-refractivity contribution in [3.63, 3.8) is 0 Å². The molecule has 26 heavy (non-hydrogen) atoms. The maximum atomic E-state index is 12.4. The van der Waals surface area contributed by atoms with Crippen LogP contribution in [-0.2, 0) is 10.2 Å². The molecule has 2 aromatic rings. The van der Waals surface area contributed by atoms with E-state index in [-0.39, 0.29) is 5.92 Å². The van der Waals surface area contributed by atoms with Gasteiger partial charge >= 0.3 is 7.12 Å².